The maximum Gasteiger partial charge on any atom is 0.309 e. The van der Waals surface area contributed by atoms with Gasteiger partial charge in [0.15, 0.2) is 0 Å². The van der Waals surface area contributed by atoms with Gasteiger partial charge >= 0.3 is 11.9 Å². The number of hydrogen-bond acceptors (Lipinski definition) is 12. The van der Waals surface area contributed by atoms with E-state index in [1.54, 1.807) is 9.80 Å². The molecule has 3 saturated carbocycles. The van der Waals surface area contributed by atoms with Gasteiger partial charge in [-0.15, -0.1) is 0 Å². The summed E-state index contributed by atoms with van der Waals surface area (Å²) in [5.41, 5.74) is 19.4. The molecule has 3 atom stereocenters. The van der Waals surface area contributed by atoms with Crippen LogP contribution in [0.25, 0.3) is 5.57 Å². The number of carbonyl (C=O) groups excluding carboxylic acids is 4. The molecule has 2 aliphatic heterocycles. The summed E-state index contributed by atoms with van der Waals surface area (Å²) in [6.45, 7) is 9.33. The SMILES string of the molecule is COC(=O)C1CC12CC=C(c1ccc(N3CC(C)(C)c4ncnc(N)c4C3=O)cc1)CC2.COC(=O)C1CC12CCC(c1ccc(N3CC(C)(C)c4ncnc(N)c4C3=O)cc1)CC2. The molecule has 2 aromatic heterocycles. The fourth-order valence-electron chi connectivity index (χ4n) is 11.2. The second-order valence-corrected chi connectivity index (χ2v) is 20.1. The molecule has 14 nitrogen and oxygen atoms in total. The smallest absolute Gasteiger partial charge is 0.309 e. The molecule has 2 amide bonds. The number of rotatable bonds is 6. The highest BCUT2D eigenvalue weighted by Gasteiger charge is 2.60. The van der Waals surface area contributed by atoms with Gasteiger partial charge in [-0.3, -0.25) is 19.2 Å². The molecule has 3 fully saturated rings. The van der Waals surface area contributed by atoms with E-state index in [1.165, 1.54) is 38.0 Å². The van der Waals surface area contributed by atoms with E-state index in [0.717, 1.165) is 74.7 Å². The Morgan fingerprint density at radius 1 is 0.656 bits per heavy atom. The van der Waals surface area contributed by atoms with Crippen LogP contribution in [-0.4, -0.2) is 71.0 Å². The molecular formula is C50H58N8O6. The van der Waals surface area contributed by atoms with Crippen molar-refractivity contribution in [1.29, 1.82) is 0 Å². The fraction of sp³-hybridized carbons (Fsp3) is 0.480. The number of nitrogens with two attached hydrogens (primary N) is 2. The first kappa shape index (κ1) is 43.1. The van der Waals surface area contributed by atoms with Crippen molar-refractivity contribution >= 4 is 52.3 Å². The van der Waals surface area contributed by atoms with E-state index in [2.05, 4.69) is 78.0 Å². The average molecular weight is 867 g/mol. The van der Waals surface area contributed by atoms with Gasteiger partial charge < -0.3 is 30.7 Å². The highest BCUT2D eigenvalue weighted by atomic mass is 16.5. The van der Waals surface area contributed by atoms with Gasteiger partial charge in [-0.2, -0.15) is 0 Å². The van der Waals surface area contributed by atoms with E-state index in [1.807, 2.05) is 24.3 Å². The maximum atomic E-state index is 13.2. The lowest BCUT2D eigenvalue weighted by Gasteiger charge is -2.38. The Morgan fingerprint density at radius 2 is 1.12 bits per heavy atom. The van der Waals surface area contributed by atoms with Crippen LogP contribution in [-0.2, 0) is 29.9 Å². The number of nitrogen functional groups attached to an aromatic ring is 2. The summed E-state index contributed by atoms with van der Waals surface area (Å²) in [5, 5.41) is 0. The molecule has 0 bridgehead atoms. The van der Waals surface area contributed by atoms with Crippen LogP contribution in [0.2, 0.25) is 0 Å². The lowest BCUT2D eigenvalue weighted by atomic mass is 9.75. The van der Waals surface area contributed by atoms with Gasteiger partial charge in [-0.05, 0) is 116 Å². The van der Waals surface area contributed by atoms with Gasteiger partial charge in [0.25, 0.3) is 11.8 Å². The molecule has 4 aromatic rings. The van der Waals surface area contributed by atoms with E-state index in [0.29, 0.717) is 41.5 Å². The minimum absolute atomic E-state index is 0.0467. The fourth-order valence-corrected chi connectivity index (χ4v) is 11.2. The molecule has 6 aliphatic rings. The molecule has 2 spiro atoms. The van der Waals surface area contributed by atoms with E-state index in [9.17, 15) is 19.2 Å². The third kappa shape index (κ3) is 7.47. The Morgan fingerprint density at radius 3 is 1.59 bits per heavy atom. The largest absolute Gasteiger partial charge is 0.469 e. The number of allylic oxidation sites excluding steroid dienone is 2. The molecule has 4 aliphatic carbocycles. The Bertz CT molecular complexity index is 2560. The van der Waals surface area contributed by atoms with Gasteiger partial charge in [0.2, 0.25) is 0 Å². The molecule has 64 heavy (non-hydrogen) atoms. The molecule has 4 heterocycles. The predicted octanol–water partition coefficient (Wildman–Crippen LogP) is 7.58. The van der Waals surface area contributed by atoms with Crippen LogP contribution < -0.4 is 21.3 Å². The van der Waals surface area contributed by atoms with E-state index in [4.69, 9.17) is 20.9 Å². The summed E-state index contributed by atoms with van der Waals surface area (Å²) in [6, 6.07) is 16.5. The molecule has 3 unspecified atom stereocenters. The first-order valence-electron chi connectivity index (χ1n) is 22.4. The first-order chi connectivity index (χ1) is 30.5. The topological polar surface area (TPSA) is 197 Å². The Kier molecular flexibility index (Phi) is 10.6. The number of nitrogens with zero attached hydrogens (tertiary/aromatic N) is 6. The van der Waals surface area contributed by atoms with Crippen molar-refractivity contribution in [3.05, 3.63) is 101 Å². The van der Waals surface area contributed by atoms with Crippen molar-refractivity contribution in [2.75, 3.05) is 48.6 Å². The highest BCUT2D eigenvalue weighted by Crippen LogP contribution is 2.64. The van der Waals surface area contributed by atoms with E-state index < -0.39 is 0 Å². The maximum absolute atomic E-state index is 13.2. The normalized spacial score (nSPS) is 27.1. The zero-order valence-electron chi connectivity index (χ0n) is 37.6. The molecule has 334 valence electrons. The van der Waals surface area contributed by atoms with Gasteiger partial charge in [0.1, 0.15) is 35.4 Å². The van der Waals surface area contributed by atoms with Crippen LogP contribution in [0.1, 0.15) is 135 Å². The van der Waals surface area contributed by atoms with Crippen LogP contribution in [0.15, 0.2) is 67.3 Å². The lowest BCUT2D eigenvalue weighted by molar-refractivity contribution is -0.144. The van der Waals surface area contributed by atoms with Crippen molar-refractivity contribution in [3.63, 3.8) is 0 Å². The van der Waals surface area contributed by atoms with Gasteiger partial charge in [0.05, 0.1) is 37.4 Å². The number of hydrogen-bond donors (Lipinski definition) is 2. The number of amides is 2. The van der Waals surface area contributed by atoms with Gasteiger partial charge in [-0.25, -0.2) is 19.9 Å². The van der Waals surface area contributed by atoms with Crippen molar-refractivity contribution in [3.8, 4) is 0 Å². The van der Waals surface area contributed by atoms with Crippen LogP contribution >= 0.6 is 0 Å². The zero-order valence-corrected chi connectivity index (χ0v) is 37.6. The number of esters is 2. The number of benzene rings is 2. The van der Waals surface area contributed by atoms with Crippen molar-refractivity contribution in [1.82, 2.24) is 19.9 Å². The van der Waals surface area contributed by atoms with Gasteiger partial charge in [-0.1, -0.05) is 58.0 Å². The average Bonchev–Trinajstić information content (AvgIpc) is 4.21. The molecule has 0 saturated heterocycles. The predicted molar refractivity (Wildman–Crippen MR) is 243 cm³/mol. The van der Waals surface area contributed by atoms with Gasteiger partial charge in [0, 0.05) is 35.3 Å². The van der Waals surface area contributed by atoms with Crippen molar-refractivity contribution in [2.45, 2.75) is 102 Å². The third-order valence-electron chi connectivity index (χ3n) is 15.3. The third-order valence-corrected chi connectivity index (χ3v) is 15.3. The summed E-state index contributed by atoms with van der Waals surface area (Å²) in [5.74, 6) is 0.675. The summed E-state index contributed by atoms with van der Waals surface area (Å²) in [4.78, 5) is 70.5. The number of ether oxygens (including phenoxy) is 2. The number of anilines is 4. The standard InChI is InChI=1S/C25H30N4O3.C25H28N4O3/c2*1-24(2)13-29(22(30)19-20(24)27-14-28-21(19)26)17-6-4-15(5-7-17)16-8-10-25(11-9-16)12-18(25)23(31)32-3/h4-7,14,16,18H,8-13H2,1-3H3,(H2,26,27,28);4-8,14,18H,9-13H2,1-3H3,(H2,26,27,28). The Balaban J connectivity index is 0.000000162. The number of methoxy groups -OCH3 is 2. The number of fused-ring (bicyclic) bond motifs is 2. The summed E-state index contributed by atoms with van der Waals surface area (Å²) < 4.78 is 9.88. The minimum Gasteiger partial charge on any atom is -0.469 e. The van der Waals surface area contributed by atoms with Crippen LogP contribution in [0.5, 0.6) is 0 Å². The Hall–Kier alpha value is -6.18. The molecule has 0 radical (unpaired) electrons. The molecule has 14 heteroatoms. The van der Waals surface area contributed by atoms with E-state index >= 15 is 0 Å². The number of carbonyl (C=O) groups is 4. The molecular weight excluding hydrogens is 809 g/mol. The number of aromatic nitrogens is 4. The second-order valence-electron chi connectivity index (χ2n) is 20.1. The highest BCUT2D eigenvalue weighted by molar-refractivity contribution is 6.12. The molecule has 4 N–H and O–H groups in total. The minimum atomic E-state index is -0.334. The summed E-state index contributed by atoms with van der Waals surface area (Å²) in [6.07, 6.45) is 14.2. The first-order valence-corrected chi connectivity index (χ1v) is 22.4. The molecule has 10 rings (SSSR count). The van der Waals surface area contributed by atoms with Crippen molar-refractivity contribution in [2.24, 2.45) is 22.7 Å². The molecule has 2 aromatic carbocycles. The van der Waals surface area contributed by atoms with Crippen LogP contribution in [0, 0.1) is 22.7 Å². The quantitative estimate of drug-likeness (QED) is 0.181. The second kappa shape index (κ2) is 15.8. The lowest BCUT2D eigenvalue weighted by Crippen LogP contribution is -2.48. The van der Waals surface area contributed by atoms with Crippen molar-refractivity contribution < 1.29 is 28.7 Å². The van der Waals surface area contributed by atoms with Crippen LogP contribution in [0.4, 0.5) is 23.0 Å². The van der Waals surface area contributed by atoms with Crippen LogP contribution in [0.3, 0.4) is 0 Å². The summed E-state index contributed by atoms with van der Waals surface area (Å²) in [7, 11) is 2.95. The monoisotopic (exact) mass is 866 g/mol. The van der Waals surface area contributed by atoms with E-state index in [-0.39, 0.29) is 68.9 Å². The summed E-state index contributed by atoms with van der Waals surface area (Å²) >= 11 is 0. The Labute approximate surface area is 374 Å². The zero-order chi connectivity index (χ0) is 45.3.